The predicted molar refractivity (Wildman–Crippen MR) is 127 cm³/mol. The summed E-state index contributed by atoms with van der Waals surface area (Å²) in [6.07, 6.45) is 3.66. The molecule has 3 atom stereocenters. The number of rotatable bonds is 5. The number of likely N-dealkylation sites (tertiary alicyclic amines) is 1. The number of piperidine rings is 1. The van der Waals surface area contributed by atoms with Gasteiger partial charge in [0.1, 0.15) is 13.2 Å². The fourth-order valence-electron chi connectivity index (χ4n) is 5.33. The molecule has 3 aliphatic rings. The third-order valence-electron chi connectivity index (χ3n) is 6.98. The second kappa shape index (κ2) is 8.81. The van der Waals surface area contributed by atoms with E-state index in [-0.39, 0.29) is 17.5 Å². The molecule has 9 nitrogen and oxygen atoms in total. The lowest BCUT2D eigenvalue weighted by atomic mass is 9.97. The molecule has 0 saturated carbocycles. The van der Waals surface area contributed by atoms with Gasteiger partial charge in [-0.15, -0.1) is 0 Å². The van der Waals surface area contributed by atoms with E-state index in [1.807, 2.05) is 6.07 Å². The minimum absolute atomic E-state index is 0.0223. The van der Waals surface area contributed by atoms with Crippen LogP contribution in [0.25, 0.3) is 11.0 Å². The van der Waals surface area contributed by atoms with Crippen molar-refractivity contribution in [2.75, 3.05) is 32.8 Å². The third-order valence-corrected chi connectivity index (χ3v) is 7.28. The summed E-state index contributed by atoms with van der Waals surface area (Å²) in [5.74, 6) is 1.48. The fraction of sp³-hybridized carbons (Fsp3) is 0.458. The number of ether oxygens (including phenoxy) is 2. The fourth-order valence-corrected chi connectivity index (χ4v) is 5.62. The van der Waals surface area contributed by atoms with Crippen molar-refractivity contribution in [2.24, 2.45) is 0 Å². The number of fused-ring (bicyclic) bond motifs is 1. The minimum atomic E-state index is -0.509. The lowest BCUT2D eigenvalue weighted by molar-refractivity contribution is 0.0368. The predicted octanol–water partition coefficient (Wildman–Crippen LogP) is 1.54. The molecule has 0 radical (unpaired) electrons. The van der Waals surface area contributed by atoms with Gasteiger partial charge in [-0.05, 0) is 19.0 Å². The second-order valence-electron chi connectivity index (χ2n) is 9.16. The van der Waals surface area contributed by atoms with Crippen molar-refractivity contribution < 1.29 is 14.6 Å². The van der Waals surface area contributed by atoms with Gasteiger partial charge in [0.15, 0.2) is 11.5 Å². The Bertz CT molecular complexity index is 1300. The van der Waals surface area contributed by atoms with Gasteiger partial charge in [-0.1, -0.05) is 11.6 Å². The Balaban J connectivity index is 1.09. The molecule has 0 aliphatic carbocycles. The number of nitrogens with one attached hydrogen (secondary N) is 1. The van der Waals surface area contributed by atoms with E-state index in [0.29, 0.717) is 49.4 Å². The maximum Gasteiger partial charge on any atom is 0.251 e. The molecule has 10 heteroatoms. The first-order chi connectivity index (χ1) is 16.6. The van der Waals surface area contributed by atoms with Gasteiger partial charge in [0, 0.05) is 62.0 Å². The first kappa shape index (κ1) is 21.8. The van der Waals surface area contributed by atoms with Crippen LogP contribution in [-0.4, -0.2) is 69.5 Å². The normalized spacial score (nSPS) is 24.0. The zero-order chi connectivity index (χ0) is 23.2. The minimum Gasteiger partial charge on any atom is -0.486 e. The molecule has 0 spiro atoms. The molecule has 2 N–H and O–H groups in total. The zero-order valence-corrected chi connectivity index (χ0v) is 19.4. The largest absolute Gasteiger partial charge is 0.486 e. The van der Waals surface area contributed by atoms with Crippen LogP contribution in [0.4, 0.5) is 0 Å². The van der Waals surface area contributed by atoms with Gasteiger partial charge >= 0.3 is 0 Å². The Morgan fingerprint density at radius 2 is 2.00 bits per heavy atom. The van der Waals surface area contributed by atoms with Gasteiger partial charge in [-0.3, -0.25) is 19.7 Å². The van der Waals surface area contributed by atoms with E-state index in [0.717, 1.165) is 41.8 Å². The van der Waals surface area contributed by atoms with Crippen LogP contribution in [0.2, 0.25) is 5.02 Å². The van der Waals surface area contributed by atoms with Crippen molar-refractivity contribution in [3.05, 3.63) is 57.2 Å². The Morgan fingerprint density at radius 3 is 2.85 bits per heavy atom. The number of aliphatic hydroxyl groups excluding tert-OH is 1. The number of aliphatic hydroxyl groups is 1. The van der Waals surface area contributed by atoms with Crippen LogP contribution in [0.5, 0.6) is 11.5 Å². The lowest BCUT2D eigenvalue weighted by Crippen LogP contribution is -2.53. The van der Waals surface area contributed by atoms with Gasteiger partial charge in [0.05, 0.1) is 34.1 Å². The van der Waals surface area contributed by atoms with Crippen molar-refractivity contribution in [1.82, 2.24) is 24.8 Å². The van der Waals surface area contributed by atoms with Crippen LogP contribution in [-0.2, 0) is 13.1 Å². The highest BCUT2D eigenvalue weighted by atomic mass is 35.5. The van der Waals surface area contributed by atoms with Gasteiger partial charge in [0.2, 0.25) is 0 Å². The van der Waals surface area contributed by atoms with Crippen molar-refractivity contribution >= 4 is 22.6 Å². The molecule has 178 valence electrons. The molecule has 6 rings (SSSR count). The Morgan fingerprint density at radius 1 is 1.15 bits per heavy atom. The highest BCUT2D eigenvalue weighted by Gasteiger charge is 2.33. The maximum atomic E-state index is 12.4. The van der Waals surface area contributed by atoms with Crippen LogP contribution in [0.15, 0.2) is 35.4 Å². The smallest absolute Gasteiger partial charge is 0.251 e. The number of β-amino-alcohol motifs (C(OH)–C–C–N with tert-alkyl or cyclic N) is 1. The van der Waals surface area contributed by atoms with Crippen LogP contribution in [0, 0.1) is 0 Å². The van der Waals surface area contributed by atoms with E-state index < -0.39 is 6.10 Å². The molecule has 1 saturated heterocycles. The molecular weight excluding hydrogens is 458 g/mol. The van der Waals surface area contributed by atoms with Gasteiger partial charge in [-0.2, -0.15) is 0 Å². The van der Waals surface area contributed by atoms with Crippen molar-refractivity contribution in [1.29, 1.82) is 0 Å². The SMILES string of the molecule is O=c1ccc2ncc(Cl)c3c2n1CC3CN1CC[C@H](NCc2cc3c(cn2)OCCO3)[C@H](O)C1. The number of nitrogens with zero attached hydrogens (tertiary/aromatic N) is 4. The highest BCUT2D eigenvalue weighted by molar-refractivity contribution is 6.32. The number of hydrogen-bond acceptors (Lipinski definition) is 8. The summed E-state index contributed by atoms with van der Waals surface area (Å²) in [6, 6.07) is 5.19. The lowest BCUT2D eigenvalue weighted by Gasteiger charge is -2.37. The van der Waals surface area contributed by atoms with Crippen LogP contribution in [0.3, 0.4) is 0 Å². The van der Waals surface area contributed by atoms with Crippen molar-refractivity contribution in [2.45, 2.75) is 37.6 Å². The van der Waals surface area contributed by atoms with Crippen molar-refractivity contribution in [3.63, 3.8) is 0 Å². The molecular formula is C24H26ClN5O4. The standard InChI is InChI=1S/C24H26ClN5O4/c25-16-9-28-18-1-2-22(32)30-12-14(23(16)24(18)30)11-29-4-3-17(19(31)13-29)27-8-15-7-20-21(10-26-15)34-6-5-33-20/h1-2,7,9-10,14,17,19,27,31H,3-6,8,11-13H2/t14?,17-,19+/m0/s1. The summed E-state index contributed by atoms with van der Waals surface area (Å²) in [5, 5.41) is 14.9. The Kier molecular flexibility index (Phi) is 5.65. The van der Waals surface area contributed by atoms with E-state index in [2.05, 4.69) is 20.2 Å². The monoisotopic (exact) mass is 483 g/mol. The first-order valence-corrected chi connectivity index (χ1v) is 12.0. The number of aromatic nitrogens is 3. The summed E-state index contributed by atoms with van der Waals surface area (Å²) >= 11 is 6.52. The molecule has 0 amide bonds. The summed E-state index contributed by atoms with van der Waals surface area (Å²) in [7, 11) is 0. The topological polar surface area (TPSA) is 102 Å². The van der Waals surface area contributed by atoms with Crippen LogP contribution in [0.1, 0.15) is 23.6 Å². The highest BCUT2D eigenvalue weighted by Crippen LogP contribution is 2.37. The van der Waals surface area contributed by atoms with Gasteiger partial charge < -0.3 is 24.5 Å². The molecule has 3 aromatic rings. The summed E-state index contributed by atoms with van der Waals surface area (Å²) < 4.78 is 12.9. The Labute approximate surface area is 201 Å². The third kappa shape index (κ3) is 3.92. The van der Waals surface area contributed by atoms with Crippen molar-refractivity contribution in [3.8, 4) is 11.5 Å². The number of halogens is 1. The van der Waals surface area contributed by atoms with Crippen LogP contribution < -0.4 is 20.3 Å². The van der Waals surface area contributed by atoms with Crippen LogP contribution >= 0.6 is 11.6 Å². The zero-order valence-electron chi connectivity index (χ0n) is 18.6. The number of pyridine rings is 3. The first-order valence-electron chi connectivity index (χ1n) is 11.6. The van der Waals surface area contributed by atoms with E-state index in [4.69, 9.17) is 21.1 Å². The average Bonchev–Trinajstić information content (AvgIpc) is 3.23. The summed E-state index contributed by atoms with van der Waals surface area (Å²) in [6.45, 7) is 4.34. The van der Waals surface area contributed by atoms with Gasteiger partial charge in [0.25, 0.3) is 5.56 Å². The van der Waals surface area contributed by atoms with E-state index in [9.17, 15) is 9.90 Å². The quantitative estimate of drug-likeness (QED) is 0.563. The van der Waals surface area contributed by atoms with Gasteiger partial charge in [-0.25, -0.2) is 0 Å². The van der Waals surface area contributed by atoms with E-state index in [1.165, 1.54) is 0 Å². The van der Waals surface area contributed by atoms with E-state index >= 15 is 0 Å². The molecule has 1 fully saturated rings. The molecule has 0 bridgehead atoms. The summed E-state index contributed by atoms with van der Waals surface area (Å²) in [4.78, 5) is 23.5. The molecule has 3 aromatic heterocycles. The molecule has 1 unspecified atom stereocenters. The second-order valence-corrected chi connectivity index (χ2v) is 9.56. The Hall–Kier alpha value is -2.72. The molecule has 0 aromatic carbocycles. The molecule has 34 heavy (non-hydrogen) atoms. The van der Waals surface area contributed by atoms with E-state index in [1.54, 1.807) is 29.1 Å². The number of hydrogen-bond donors (Lipinski definition) is 2. The maximum absolute atomic E-state index is 12.4. The summed E-state index contributed by atoms with van der Waals surface area (Å²) in [5.41, 5.74) is 3.44. The average molecular weight is 484 g/mol. The molecule has 6 heterocycles. The molecule has 3 aliphatic heterocycles.